The molecular formula is C30H37N3O6. The number of esters is 1. The molecule has 0 saturated carbocycles. The molecule has 0 bridgehead atoms. The molecule has 9 heteroatoms. The molecule has 2 saturated heterocycles. The van der Waals surface area contributed by atoms with E-state index in [4.69, 9.17) is 14.2 Å². The second kappa shape index (κ2) is 10.6. The first-order valence-corrected chi connectivity index (χ1v) is 13.5. The number of hydrogen-bond donors (Lipinski definition) is 2. The van der Waals surface area contributed by atoms with E-state index in [2.05, 4.69) is 10.6 Å². The maximum absolute atomic E-state index is 13.9. The van der Waals surface area contributed by atoms with E-state index >= 15 is 0 Å². The number of carbonyl (C=O) groups is 3. The third kappa shape index (κ3) is 5.01. The van der Waals surface area contributed by atoms with Crippen LogP contribution in [0.2, 0.25) is 0 Å². The van der Waals surface area contributed by atoms with Crippen LogP contribution in [0, 0.1) is 0 Å². The number of likely N-dealkylation sites (tertiary alicyclic amines) is 1. The lowest BCUT2D eigenvalue weighted by atomic mass is 9.71. The van der Waals surface area contributed by atoms with Gasteiger partial charge in [-0.05, 0) is 56.7 Å². The number of fused-ring (bicyclic) bond motifs is 2. The Kier molecular flexibility index (Phi) is 7.39. The second-order valence-electron chi connectivity index (χ2n) is 11.3. The van der Waals surface area contributed by atoms with E-state index in [1.807, 2.05) is 62.4 Å². The van der Waals surface area contributed by atoms with Crippen molar-refractivity contribution in [2.75, 3.05) is 26.1 Å². The van der Waals surface area contributed by atoms with E-state index in [-0.39, 0.29) is 30.9 Å². The van der Waals surface area contributed by atoms with Gasteiger partial charge in [-0.2, -0.15) is 0 Å². The zero-order valence-electron chi connectivity index (χ0n) is 23.0. The molecule has 0 aromatic heterocycles. The maximum atomic E-state index is 13.9. The van der Waals surface area contributed by atoms with Crippen molar-refractivity contribution in [3.63, 3.8) is 0 Å². The van der Waals surface area contributed by atoms with Gasteiger partial charge in [-0.15, -0.1) is 0 Å². The van der Waals surface area contributed by atoms with Crippen LogP contribution in [0.5, 0.6) is 5.75 Å². The number of nitrogens with zero attached hydrogens (tertiary/aromatic N) is 1. The van der Waals surface area contributed by atoms with E-state index in [1.165, 1.54) is 0 Å². The number of benzene rings is 2. The predicted molar refractivity (Wildman–Crippen MR) is 145 cm³/mol. The molecular weight excluding hydrogens is 498 g/mol. The molecule has 39 heavy (non-hydrogen) atoms. The lowest BCUT2D eigenvalue weighted by molar-refractivity contribution is -0.155. The summed E-state index contributed by atoms with van der Waals surface area (Å²) < 4.78 is 16.7. The molecule has 4 atom stereocenters. The normalized spacial score (nSPS) is 26.0. The molecule has 0 radical (unpaired) electrons. The van der Waals surface area contributed by atoms with Crippen LogP contribution < -0.4 is 15.4 Å². The van der Waals surface area contributed by atoms with Gasteiger partial charge in [0.15, 0.2) is 0 Å². The van der Waals surface area contributed by atoms with Crippen molar-refractivity contribution >= 4 is 23.5 Å². The molecule has 9 nitrogen and oxygen atoms in total. The van der Waals surface area contributed by atoms with Crippen LogP contribution >= 0.6 is 0 Å². The highest BCUT2D eigenvalue weighted by Gasteiger charge is 2.60. The minimum atomic E-state index is -0.958. The number of carbonyl (C=O) groups excluding carboxylic acids is 3. The summed E-state index contributed by atoms with van der Waals surface area (Å²) in [6, 6.07) is 13.4. The number of ether oxygens (including phenoxy) is 3. The summed E-state index contributed by atoms with van der Waals surface area (Å²) in [6.45, 7) is 4.58. The van der Waals surface area contributed by atoms with Crippen LogP contribution in [-0.2, 0) is 35.9 Å². The van der Waals surface area contributed by atoms with Crippen LogP contribution in [0.25, 0.3) is 0 Å². The van der Waals surface area contributed by atoms with Gasteiger partial charge in [-0.1, -0.05) is 36.4 Å². The first-order chi connectivity index (χ1) is 18.7. The monoisotopic (exact) mass is 535 g/mol. The molecule has 3 aliphatic heterocycles. The molecule has 2 N–H and O–H groups in total. The van der Waals surface area contributed by atoms with E-state index in [0.717, 1.165) is 17.5 Å². The smallest absolute Gasteiger partial charge is 0.329 e. The summed E-state index contributed by atoms with van der Waals surface area (Å²) in [7, 11) is 3.23. The molecule has 2 amide bonds. The van der Waals surface area contributed by atoms with Gasteiger partial charge >= 0.3 is 5.97 Å². The maximum Gasteiger partial charge on any atom is 0.329 e. The van der Waals surface area contributed by atoms with Crippen LogP contribution in [-0.4, -0.2) is 67.2 Å². The Morgan fingerprint density at radius 2 is 1.90 bits per heavy atom. The lowest BCUT2D eigenvalue weighted by Crippen LogP contribution is -2.51. The topological polar surface area (TPSA) is 106 Å². The van der Waals surface area contributed by atoms with Gasteiger partial charge in [0, 0.05) is 31.5 Å². The van der Waals surface area contributed by atoms with Crippen molar-refractivity contribution < 1.29 is 28.6 Å². The molecule has 0 aliphatic carbocycles. The summed E-state index contributed by atoms with van der Waals surface area (Å²) in [6.07, 6.45) is 2.07. The van der Waals surface area contributed by atoms with Crippen LogP contribution in [0.15, 0.2) is 48.5 Å². The Hall–Kier alpha value is -3.43. The molecule has 3 aliphatic rings. The fourth-order valence-electron chi connectivity index (χ4n) is 6.22. The third-order valence-corrected chi connectivity index (χ3v) is 8.46. The molecule has 5 rings (SSSR count). The number of nitrogens with one attached hydrogen (secondary N) is 2. The SMILES string of the molecule is COc1ccc2c(c1)NC(=O)[C@@]21CC(C(=O)N2CCC[C@H]2C(=O)OCc2ccccc2)N[C@H]1CC(C)(C)OC. The van der Waals surface area contributed by atoms with Crippen molar-refractivity contribution in [1.82, 2.24) is 10.2 Å². The van der Waals surface area contributed by atoms with Crippen LogP contribution in [0.4, 0.5) is 5.69 Å². The third-order valence-electron chi connectivity index (χ3n) is 8.46. The van der Waals surface area contributed by atoms with Crippen molar-refractivity contribution in [2.45, 2.75) is 75.3 Å². The summed E-state index contributed by atoms with van der Waals surface area (Å²) in [5.74, 6) is -0.0790. The Morgan fingerprint density at radius 3 is 2.62 bits per heavy atom. The van der Waals surface area contributed by atoms with Gasteiger partial charge in [0.25, 0.3) is 0 Å². The van der Waals surface area contributed by atoms with Crippen molar-refractivity contribution in [1.29, 1.82) is 0 Å². The molecule has 208 valence electrons. The quantitative estimate of drug-likeness (QED) is 0.500. The molecule has 3 heterocycles. The van der Waals surface area contributed by atoms with Crippen molar-refractivity contribution in [2.24, 2.45) is 0 Å². The van der Waals surface area contributed by atoms with E-state index in [0.29, 0.717) is 30.8 Å². The highest BCUT2D eigenvalue weighted by molar-refractivity contribution is 6.08. The molecule has 2 aromatic carbocycles. The summed E-state index contributed by atoms with van der Waals surface area (Å²) >= 11 is 0. The second-order valence-corrected chi connectivity index (χ2v) is 11.3. The number of hydrogen-bond acceptors (Lipinski definition) is 7. The zero-order valence-corrected chi connectivity index (χ0v) is 23.0. The molecule has 2 aromatic rings. The lowest BCUT2D eigenvalue weighted by Gasteiger charge is -2.34. The zero-order chi connectivity index (χ0) is 27.8. The highest BCUT2D eigenvalue weighted by atomic mass is 16.5. The van der Waals surface area contributed by atoms with Gasteiger partial charge in [-0.25, -0.2) is 4.79 Å². The summed E-state index contributed by atoms with van der Waals surface area (Å²) in [4.78, 5) is 42.3. The summed E-state index contributed by atoms with van der Waals surface area (Å²) in [5.41, 5.74) is 0.939. The Bertz CT molecular complexity index is 1250. The van der Waals surface area contributed by atoms with Gasteiger partial charge < -0.3 is 29.7 Å². The van der Waals surface area contributed by atoms with E-state index < -0.39 is 29.1 Å². The van der Waals surface area contributed by atoms with Gasteiger partial charge in [0.05, 0.1) is 24.2 Å². The number of anilines is 1. The van der Waals surface area contributed by atoms with Crippen LogP contribution in [0.1, 0.15) is 50.7 Å². The van der Waals surface area contributed by atoms with Crippen LogP contribution in [0.3, 0.4) is 0 Å². The predicted octanol–water partition coefficient (Wildman–Crippen LogP) is 3.17. The van der Waals surface area contributed by atoms with Crippen molar-refractivity contribution in [3.05, 3.63) is 59.7 Å². The average Bonchev–Trinajstić information content (AvgIpc) is 3.64. The Morgan fingerprint density at radius 1 is 1.13 bits per heavy atom. The average molecular weight is 536 g/mol. The Balaban J connectivity index is 1.39. The summed E-state index contributed by atoms with van der Waals surface area (Å²) in [5, 5.41) is 6.52. The number of methoxy groups -OCH3 is 2. The van der Waals surface area contributed by atoms with E-state index in [1.54, 1.807) is 19.1 Å². The fraction of sp³-hybridized carbons (Fsp3) is 0.500. The minimum Gasteiger partial charge on any atom is -0.497 e. The van der Waals surface area contributed by atoms with Gasteiger partial charge in [0.2, 0.25) is 11.8 Å². The van der Waals surface area contributed by atoms with Gasteiger partial charge in [-0.3, -0.25) is 9.59 Å². The minimum absolute atomic E-state index is 0.148. The van der Waals surface area contributed by atoms with E-state index in [9.17, 15) is 14.4 Å². The first-order valence-electron chi connectivity index (χ1n) is 13.5. The van der Waals surface area contributed by atoms with Gasteiger partial charge in [0.1, 0.15) is 18.4 Å². The first kappa shape index (κ1) is 27.1. The fourth-order valence-corrected chi connectivity index (χ4v) is 6.22. The standard InChI is InChI=1S/C30H37N3O6/c1-29(2,38-4)17-25-30(21-13-12-20(37-3)15-22(21)32-28(30)36)16-23(31-25)26(34)33-14-8-11-24(33)27(35)39-18-19-9-6-5-7-10-19/h5-7,9-10,12-13,15,23-25,31H,8,11,14,16-18H2,1-4H3,(H,32,36)/t23?,24-,25-,30-/m0/s1. The highest BCUT2D eigenvalue weighted by Crippen LogP contribution is 2.50. The molecule has 1 spiro atoms. The number of amides is 2. The number of rotatable bonds is 8. The van der Waals surface area contributed by atoms with Crippen molar-refractivity contribution in [3.8, 4) is 5.75 Å². The Labute approximate surface area is 229 Å². The molecule has 2 fully saturated rings. The largest absolute Gasteiger partial charge is 0.497 e. The molecule has 1 unspecified atom stereocenters.